The topological polar surface area (TPSA) is 51.8 Å². The minimum absolute atomic E-state index is 0.535. The molecule has 0 saturated carbocycles. The van der Waals surface area contributed by atoms with Crippen molar-refractivity contribution in [2.75, 3.05) is 11.5 Å². The van der Waals surface area contributed by atoms with Crippen molar-refractivity contribution in [2.24, 2.45) is 0 Å². The molecule has 0 aliphatic carbocycles. The first-order valence-corrected chi connectivity index (χ1v) is 5.35. The van der Waals surface area contributed by atoms with Gasteiger partial charge in [-0.1, -0.05) is 28.7 Å². The summed E-state index contributed by atoms with van der Waals surface area (Å²) in [6.07, 6.45) is 1.02. The van der Waals surface area contributed by atoms with Crippen LogP contribution in [0.4, 0.5) is 5.13 Å². The van der Waals surface area contributed by atoms with Crippen molar-refractivity contribution >= 4 is 28.2 Å². The highest BCUT2D eigenvalue weighted by Crippen LogP contribution is 2.24. The number of thioether (sulfide) groups is 1. The Morgan fingerprint density at radius 3 is 2.92 bits per heavy atom. The Bertz CT molecular complexity index is 269. The molecule has 5 heteroatoms. The predicted molar refractivity (Wildman–Crippen MR) is 54.5 cm³/mol. The van der Waals surface area contributed by atoms with E-state index in [0.29, 0.717) is 5.13 Å². The zero-order valence-corrected chi connectivity index (χ0v) is 8.54. The Hall–Kier alpha value is -0.550. The van der Waals surface area contributed by atoms with Gasteiger partial charge in [-0.25, -0.2) is 0 Å². The fraction of sp³-hybridized carbons (Fsp3) is 0.429. The monoisotopic (exact) mass is 201 g/mol. The van der Waals surface area contributed by atoms with E-state index in [-0.39, 0.29) is 0 Å². The Morgan fingerprint density at radius 2 is 2.42 bits per heavy atom. The normalized spacial score (nSPS) is 10.1. The molecular formula is C7H11N3S2. The molecular weight excluding hydrogens is 190 g/mol. The zero-order valence-electron chi connectivity index (χ0n) is 6.91. The van der Waals surface area contributed by atoms with Crippen LogP contribution in [0.15, 0.2) is 16.5 Å². The molecule has 1 rings (SSSR count). The molecule has 0 fully saturated rings. The van der Waals surface area contributed by atoms with Gasteiger partial charge < -0.3 is 5.73 Å². The molecule has 2 N–H and O–H groups in total. The molecule has 1 heterocycles. The van der Waals surface area contributed by atoms with E-state index in [1.807, 2.05) is 6.92 Å². The van der Waals surface area contributed by atoms with Crippen LogP contribution in [0.1, 0.15) is 13.3 Å². The van der Waals surface area contributed by atoms with Gasteiger partial charge in [0.15, 0.2) is 4.34 Å². The second-order valence-electron chi connectivity index (χ2n) is 2.46. The summed E-state index contributed by atoms with van der Waals surface area (Å²) < 4.78 is 0.939. The Kier molecular flexibility index (Phi) is 3.55. The third kappa shape index (κ3) is 3.23. The summed E-state index contributed by atoms with van der Waals surface area (Å²) in [5.74, 6) is 1.00. The molecule has 0 aliphatic heterocycles. The van der Waals surface area contributed by atoms with Gasteiger partial charge in [0.25, 0.3) is 0 Å². The highest BCUT2D eigenvalue weighted by atomic mass is 32.2. The van der Waals surface area contributed by atoms with Crippen molar-refractivity contribution in [3.05, 3.63) is 12.2 Å². The standard InChI is InChI=1S/C7H11N3S2/c1-5(2)3-4-11-7-10-9-6(8)12-7/h1,3-4H2,2H3,(H2,8,9). The van der Waals surface area contributed by atoms with E-state index in [1.165, 1.54) is 16.9 Å². The van der Waals surface area contributed by atoms with Crippen LogP contribution in [0.3, 0.4) is 0 Å². The van der Waals surface area contributed by atoms with Crippen LogP contribution >= 0.6 is 23.1 Å². The molecule has 1 aromatic rings. The Morgan fingerprint density at radius 1 is 1.67 bits per heavy atom. The quantitative estimate of drug-likeness (QED) is 0.599. The highest BCUT2D eigenvalue weighted by Gasteiger charge is 2.00. The van der Waals surface area contributed by atoms with E-state index in [1.54, 1.807) is 11.8 Å². The largest absolute Gasteiger partial charge is 0.374 e. The van der Waals surface area contributed by atoms with Crippen LogP contribution in [-0.2, 0) is 0 Å². The van der Waals surface area contributed by atoms with E-state index < -0.39 is 0 Å². The fourth-order valence-corrected chi connectivity index (χ4v) is 2.40. The average molecular weight is 201 g/mol. The lowest BCUT2D eigenvalue weighted by atomic mass is 10.3. The van der Waals surface area contributed by atoms with Gasteiger partial charge in [0, 0.05) is 5.75 Å². The van der Waals surface area contributed by atoms with E-state index in [0.717, 1.165) is 16.5 Å². The number of rotatable bonds is 4. The number of anilines is 1. The van der Waals surface area contributed by atoms with Gasteiger partial charge in [0.05, 0.1) is 0 Å². The molecule has 1 aromatic heterocycles. The molecule has 0 unspecified atom stereocenters. The second kappa shape index (κ2) is 4.47. The van der Waals surface area contributed by atoms with E-state index in [4.69, 9.17) is 5.73 Å². The molecule has 0 aromatic carbocycles. The first-order chi connectivity index (χ1) is 5.68. The molecule has 0 amide bonds. The minimum atomic E-state index is 0.535. The number of aromatic nitrogens is 2. The summed E-state index contributed by atoms with van der Waals surface area (Å²) in [4.78, 5) is 0. The van der Waals surface area contributed by atoms with Gasteiger partial charge >= 0.3 is 0 Å². The summed E-state index contributed by atoms with van der Waals surface area (Å²) in [6.45, 7) is 5.84. The summed E-state index contributed by atoms with van der Waals surface area (Å²) in [5, 5.41) is 8.14. The van der Waals surface area contributed by atoms with Crippen molar-refractivity contribution < 1.29 is 0 Å². The summed E-state index contributed by atoms with van der Waals surface area (Å²) in [6, 6.07) is 0. The lowest BCUT2D eigenvalue weighted by Gasteiger charge is -1.94. The van der Waals surface area contributed by atoms with Crippen LogP contribution in [0, 0.1) is 0 Å². The predicted octanol–water partition coefficient (Wildman–Crippen LogP) is 2.18. The maximum absolute atomic E-state index is 5.42. The van der Waals surface area contributed by atoms with Crippen molar-refractivity contribution in [1.82, 2.24) is 10.2 Å². The third-order valence-electron chi connectivity index (χ3n) is 1.18. The van der Waals surface area contributed by atoms with Gasteiger partial charge in [-0.05, 0) is 13.3 Å². The fourth-order valence-electron chi connectivity index (χ4n) is 0.591. The highest BCUT2D eigenvalue weighted by molar-refractivity contribution is 8.01. The van der Waals surface area contributed by atoms with E-state index in [2.05, 4.69) is 16.8 Å². The van der Waals surface area contributed by atoms with E-state index in [9.17, 15) is 0 Å². The van der Waals surface area contributed by atoms with Gasteiger partial charge in [0.2, 0.25) is 5.13 Å². The van der Waals surface area contributed by atoms with Gasteiger partial charge in [0.1, 0.15) is 0 Å². The average Bonchev–Trinajstić information content (AvgIpc) is 2.35. The molecule has 0 spiro atoms. The van der Waals surface area contributed by atoms with E-state index >= 15 is 0 Å². The summed E-state index contributed by atoms with van der Waals surface area (Å²) >= 11 is 3.10. The maximum Gasteiger partial charge on any atom is 0.203 e. The SMILES string of the molecule is C=C(C)CCSc1nnc(N)s1. The third-order valence-corrected chi connectivity index (χ3v) is 3.06. The lowest BCUT2D eigenvalue weighted by molar-refractivity contribution is 1.01. The van der Waals surface area contributed by atoms with Crippen molar-refractivity contribution in [3.63, 3.8) is 0 Å². The van der Waals surface area contributed by atoms with Crippen LogP contribution in [0.2, 0.25) is 0 Å². The maximum atomic E-state index is 5.42. The first kappa shape index (κ1) is 9.54. The van der Waals surface area contributed by atoms with Crippen molar-refractivity contribution in [3.8, 4) is 0 Å². The second-order valence-corrected chi connectivity index (χ2v) is 4.81. The zero-order chi connectivity index (χ0) is 8.97. The van der Waals surface area contributed by atoms with Gasteiger partial charge in [-0.15, -0.1) is 16.8 Å². The molecule has 0 bridgehead atoms. The van der Waals surface area contributed by atoms with Crippen LogP contribution in [-0.4, -0.2) is 16.0 Å². The summed E-state index contributed by atoms with van der Waals surface area (Å²) in [7, 11) is 0. The van der Waals surface area contributed by atoms with Crippen molar-refractivity contribution in [2.45, 2.75) is 17.7 Å². The Balaban J connectivity index is 2.29. The molecule has 0 atom stereocenters. The smallest absolute Gasteiger partial charge is 0.203 e. The number of hydrogen-bond donors (Lipinski definition) is 1. The molecule has 3 nitrogen and oxygen atoms in total. The minimum Gasteiger partial charge on any atom is -0.374 e. The number of hydrogen-bond acceptors (Lipinski definition) is 5. The van der Waals surface area contributed by atoms with Crippen LogP contribution < -0.4 is 5.73 Å². The molecule has 12 heavy (non-hydrogen) atoms. The molecule has 0 radical (unpaired) electrons. The first-order valence-electron chi connectivity index (χ1n) is 3.54. The van der Waals surface area contributed by atoms with Gasteiger partial charge in [-0.3, -0.25) is 0 Å². The lowest BCUT2D eigenvalue weighted by Crippen LogP contribution is -1.80. The number of allylic oxidation sites excluding steroid dienone is 1. The Labute approximate surface area is 80.1 Å². The molecule has 0 aliphatic rings. The van der Waals surface area contributed by atoms with Crippen molar-refractivity contribution in [1.29, 1.82) is 0 Å². The summed E-state index contributed by atoms with van der Waals surface area (Å²) in [5.41, 5.74) is 6.62. The number of nitrogens with zero attached hydrogens (tertiary/aromatic N) is 2. The van der Waals surface area contributed by atoms with Gasteiger partial charge in [-0.2, -0.15) is 0 Å². The number of nitrogen functional groups attached to an aromatic ring is 1. The number of nitrogens with two attached hydrogens (primary N) is 1. The van der Waals surface area contributed by atoms with Crippen LogP contribution in [0.5, 0.6) is 0 Å². The molecule has 66 valence electrons. The van der Waals surface area contributed by atoms with Crippen LogP contribution in [0.25, 0.3) is 0 Å². The molecule has 0 saturated heterocycles.